The third kappa shape index (κ3) is 4.34. The quantitative estimate of drug-likeness (QED) is 0.694. The van der Waals surface area contributed by atoms with Gasteiger partial charge < -0.3 is 19.7 Å². The SMILES string of the molecule is CCOc1ccc(C(NC(=O)C2CSC3(C)CCC(=O)N23)C(C)C)cc1OCC. The summed E-state index contributed by atoms with van der Waals surface area (Å²) in [4.78, 5) is 27.1. The molecule has 2 amide bonds. The summed E-state index contributed by atoms with van der Waals surface area (Å²) in [6.45, 7) is 11.2. The molecule has 3 unspecified atom stereocenters. The maximum Gasteiger partial charge on any atom is 0.244 e. The van der Waals surface area contributed by atoms with Crippen LogP contribution < -0.4 is 14.8 Å². The molecule has 160 valence electrons. The smallest absolute Gasteiger partial charge is 0.244 e. The van der Waals surface area contributed by atoms with Gasteiger partial charge in [-0.05, 0) is 50.8 Å². The molecule has 0 aromatic heterocycles. The predicted octanol–water partition coefficient (Wildman–Crippen LogP) is 3.75. The van der Waals surface area contributed by atoms with Gasteiger partial charge in [-0.1, -0.05) is 19.9 Å². The van der Waals surface area contributed by atoms with E-state index >= 15 is 0 Å². The Bertz CT molecular complexity index is 769. The molecule has 0 bridgehead atoms. The third-order valence-corrected chi connectivity index (χ3v) is 7.14. The molecule has 3 rings (SSSR count). The van der Waals surface area contributed by atoms with Crippen LogP contribution in [0, 0.1) is 5.92 Å². The first-order chi connectivity index (χ1) is 13.8. The molecule has 2 heterocycles. The normalized spacial score (nSPS) is 24.6. The van der Waals surface area contributed by atoms with Crippen LogP contribution in [0.4, 0.5) is 0 Å². The number of hydrogen-bond donors (Lipinski definition) is 1. The summed E-state index contributed by atoms with van der Waals surface area (Å²) in [6, 6.07) is 5.25. The molecule has 7 heteroatoms. The Morgan fingerprint density at radius 2 is 1.97 bits per heavy atom. The number of benzene rings is 1. The van der Waals surface area contributed by atoms with Gasteiger partial charge >= 0.3 is 0 Å². The number of thioether (sulfide) groups is 1. The summed E-state index contributed by atoms with van der Waals surface area (Å²) in [7, 11) is 0. The Morgan fingerprint density at radius 1 is 1.28 bits per heavy atom. The Kier molecular flexibility index (Phi) is 6.66. The topological polar surface area (TPSA) is 67.9 Å². The molecule has 1 N–H and O–H groups in total. The van der Waals surface area contributed by atoms with Gasteiger partial charge in [-0.15, -0.1) is 11.8 Å². The molecule has 2 aliphatic heterocycles. The Hall–Kier alpha value is -1.89. The highest BCUT2D eigenvalue weighted by Crippen LogP contribution is 2.47. The molecule has 0 aliphatic carbocycles. The zero-order valence-corrected chi connectivity index (χ0v) is 18.8. The molecule has 0 spiro atoms. The van der Waals surface area contributed by atoms with E-state index in [0.717, 1.165) is 12.0 Å². The van der Waals surface area contributed by atoms with Gasteiger partial charge in [0.1, 0.15) is 6.04 Å². The molecule has 2 fully saturated rings. The van der Waals surface area contributed by atoms with Crippen molar-refractivity contribution in [2.24, 2.45) is 5.92 Å². The highest BCUT2D eigenvalue weighted by Gasteiger charge is 2.53. The van der Waals surface area contributed by atoms with E-state index in [-0.39, 0.29) is 28.6 Å². The lowest BCUT2D eigenvalue weighted by molar-refractivity contribution is -0.138. The molecule has 6 nitrogen and oxygen atoms in total. The minimum atomic E-state index is -0.407. The van der Waals surface area contributed by atoms with Crippen LogP contribution in [0.25, 0.3) is 0 Å². The minimum Gasteiger partial charge on any atom is -0.490 e. The van der Waals surface area contributed by atoms with Crippen molar-refractivity contribution < 1.29 is 19.1 Å². The van der Waals surface area contributed by atoms with E-state index in [1.165, 1.54) is 0 Å². The van der Waals surface area contributed by atoms with Gasteiger partial charge in [0.2, 0.25) is 11.8 Å². The highest BCUT2D eigenvalue weighted by atomic mass is 32.2. The van der Waals surface area contributed by atoms with E-state index in [9.17, 15) is 9.59 Å². The van der Waals surface area contributed by atoms with Gasteiger partial charge in [-0.2, -0.15) is 0 Å². The zero-order valence-electron chi connectivity index (χ0n) is 18.0. The van der Waals surface area contributed by atoms with E-state index in [2.05, 4.69) is 26.1 Å². The number of fused-ring (bicyclic) bond motifs is 1. The van der Waals surface area contributed by atoms with Crippen LogP contribution in [0.2, 0.25) is 0 Å². The number of nitrogens with zero attached hydrogens (tertiary/aromatic N) is 1. The van der Waals surface area contributed by atoms with E-state index in [0.29, 0.717) is 36.9 Å². The number of carbonyl (C=O) groups is 2. The van der Waals surface area contributed by atoms with E-state index in [4.69, 9.17) is 9.47 Å². The Balaban J connectivity index is 1.81. The second-order valence-corrected chi connectivity index (χ2v) is 9.57. The maximum atomic E-state index is 13.2. The lowest BCUT2D eigenvalue weighted by Gasteiger charge is -2.31. The predicted molar refractivity (Wildman–Crippen MR) is 115 cm³/mol. The Morgan fingerprint density at radius 3 is 2.62 bits per heavy atom. The summed E-state index contributed by atoms with van der Waals surface area (Å²) < 4.78 is 11.4. The Labute approximate surface area is 177 Å². The minimum absolute atomic E-state index is 0.0815. The number of nitrogens with one attached hydrogen (secondary N) is 1. The zero-order chi connectivity index (χ0) is 21.2. The number of ether oxygens (including phenoxy) is 2. The van der Waals surface area contributed by atoms with Gasteiger partial charge in [0.25, 0.3) is 0 Å². The standard InChI is InChI=1S/C22H32N2O4S/c1-6-27-17-9-8-15(12-18(17)28-7-2)20(14(3)4)23-21(26)16-13-29-22(5)11-10-19(25)24(16)22/h8-9,12,14,16,20H,6-7,10-11,13H2,1-5H3,(H,23,26). The summed E-state index contributed by atoms with van der Waals surface area (Å²) in [5.74, 6) is 2.22. The average molecular weight is 421 g/mol. The largest absolute Gasteiger partial charge is 0.490 e. The van der Waals surface area contributed by atoms with E-state index in [1.54, 1.807) is 16.7 Å². The summed E-state index contributed by atoms with van der Waals surface area (Å²) in [5.41, 5.74) is 0.974. The molecule has 0 radical (unpaired) electrons. The van der Waals surface area contributed by atoms with Crippen LogP contribution in [0.5, 0.6) is 11.5 Å². The molecular formula is C22H32N2O4S. The lowest BCUT2D eigenvalue weighted by Crippen LogP contribution is -2.51. The molecule has 0 saturated carbocycles. The van der Waals surface area contributed by atoms with Crippen molar-refractivity contribution in [2.45, 2.75) is 64.4 Å². The molecule has 1 aromatic carbocycles. The summed E-state index contributed by atoms with van der Waals surface area (Å²) in [5, 5.41) is 3.20. The molecule has 3 atom stereocenters. The number of rotatable bonds is 8. The third-order valence-electron chi connectivity index (χ3n) is 5.64. The van der Waals surface area contributed by atoms with Crippen LogP contribution >= 0.6 is 11.8 Å². The van der Waals surface area contributed by atoms with Crippen molar-refractivity contribution >= 4 is 23.6 Å². The fraction of sp³-hybridized carbons (Fsp3) is 0.636. The van der Waals surface area contributed by atoms with Gasteiger partial charge in [-0.25, -0.2) is 0 Å². The number of hydrogen-bond acceptors (Lipinski definition) is 5. The number of amides is 2. The number of carbonyl (C=O) groups excluding carboxylic acids is 2. The van der Waals surface area contributed by atoms with Crippen molar-refractivity contribution in [3.05, 3.63) is 23.8 Å². The summed E-state index contributed by atoms with van der Waals surface area (Å²) >= 11 is 1.71. The first kappa shape index (κ1) is 21.8. The van der Waals surface area contributed by atoms with Gasteiger partial charge in [-0.3, -0.25) is 9.59 Å². The van der Waals surface area contributed by atoms with Crippen LogP contribution in [0.1, 0.15) is 59.1 Å². The molecular weight excluding hydrogens is 388 g/mol. The molecule has 2 aliphatic rings. The molecule has 1 aromatic rings. The summed E-state index contributed by atoms with van der Waals surface area (Å²) in [6.07, 6.45) is 1.34. The van der Waals surface area contributed by atoms with Crippen molar-refractivity contribution in [1.82, 2.24) is 10.2 Å². The van der Waals surface area contributed by atoms with E-state index < -0.39 is 6.04 Å². The van der Waals surface area contributed by atoms with Crippen molar-refractivity contribution in [1.29, 1.82) is 0 Å². The lowest BCUT2D eigenvalue weighted by atomic mass is 9.95. The van der Waals surface area contributed by atoms with Gasteiger partial charge in [0.15, 0.2) is 11.5 Å². The van der Waals surface area contributed by atoms with Crippen LogP contribution in [-0.4, -0.2) is 46.6 Å². The van der Waals surface area contributed by atoms with Gasteiger partial charge in [0.05, 0.1) is 24.1 Å². The van der Waals surface area contributed by atoms with Crippen LogP contribution in [0.3, 0.4) is 0 Å². The second-order valence-electron chi connectivity index (χ2n) is 8.07. The fourth-order valence-electron chi connectivity index (χ4n) is 4.16. The molecule has 29 heavy (non-hydrogen) atoms. The van der Waals surface area contributed by atoms with E-state index in [1.807, 2.05) is 32.0 Å². The maximum absolute atomic E-state index is 13.2. The van der Waals surface area contributed by atoms with Crippen LogP contribution in [-0.2, 0) is 9.59 Å². The fourth-order valence-corrected chi connectivity index (χ4v) is 5.59. The van der Waals surface area contributed by atoms with Crippen molar-refractivity contribution in [2.75, 3.05) is 19.0 Å². The second kappa shape index (κ2) is 8.86. The van der Waals surface area contributed by atoms with Crippen molar-refractivity contribution in [3.8, 4) is 11.5 Å². The first-order valence-electron chi connectivity index (χ1n) is 10.5. The van der Waals surface area contributed by atoms with Crippen LogP contribution in [0.15, 0.2) is 18.2 Å². The first-order valence-corrected chi connectivity index (χ1v) is 11.4. The van der Waals surface area contributed by atoms with Crippen molar-refractivity contribution in [3.63, 3.8) is 0 Å². The highest BCUT2D eigenvalue weighted by molar-refractivity contribution is 8.01. The monoisotopic (exact) mass is 420 g/mol. The molecule has 2 saturated heterocycles. The average Bonchev–Trinajstić information content (AvgIpc) is 3.17. The van der Waals surface area contributed by atoms with Gasteiger partial charge in [0, 0.05) is 12.2 Å².